The van der Waals surface area contributed by atoms with Gasteiger partial charge in [0.2, 0.25) is 6.29 Å². The number of rotatable bonds is 9. The van der Waals surface area contributed by atoms with Crippen LogP contribution in [0.15, 0.2) is 24.3 Å². The third-order valence-electron chi connectivity index (χ3n) is 5.16. The molecule has 1 aromatic rings. The largest absolute Gasteiger partial charge is 0.461 e. The van der Waals surface area contributed by atoms with Crippen LogP contribution in [0.3, 0.4) is 0 Å². The topological polar surface area (TPSA) is 103 Å². The summed E-state index contributed by atoms with van der Waals surface area (Å²) in [6, 6.07) is 5.67. The monoisotopic (exact) mass is 409 g/mol. The summed E-state index contributed by atoms with van der Waals surface area (Å²) < 4.78 is 11.5. The van der Waals surface area contributed by atoms with E-state index in [4.69, 9.17) is 9.47 Å². The van der Waals surface area contributed by atoms with E-state index in [1.165, 1.54) is 0 Å². The molecule has 7 heteroatoms. The Kier molecular flexibility index (Phi) is 9.07. The van der Waals surface area contributed by atoms with Gasteiger partial charge in [0, 0.05) is 12.1 Å². The highest BCUT2D eigenvalue weighted by Crippen LogP contribution is 2.34. The third-order valence-corrected chi connectivity index (χ3v) is 5.16. The molecule has 164 valence electrons. The predicted molar refractivity (Wildman–Crippen MR) is 112 cm³/mol. The highest BCUT2D eigenvalue weighted by molar-refractivity contribution is 5.73. The lowest BCUT2D eigenvalue weighted by Gasteiger charge is -2.39. The van der Waals surface area contributed by atoms with Gasteiger partial charge in [-0.05, 0) is 51.1 Å². The predicted octanol–water partition coefficient (Wildman–Crippen LogP) is 1.31. The minimum absolute atomic E-state index is 0.490. The average Bonchev–Trinajstić information content (AvgIpc) is 2.69. The van der Waals surface area contributed by atoms with Gasteiger partial charge >= 0.3 is 0 Å². The van der Waals surface area contributed by atoms with E-state index in [1.807, 2.05) is 33.2 Å². The molecule has 7 nitrogen and oxygen atoms in total. The third kappa shape index (κ3) is 6.01. The Bertz CT molecular complexity index is 675. The van der Waals surface area contributed by atoms with E-state index >= 15 is 0 Å². The molecular weight excluding hydrogens is 374 g/mol. The molecular formula is C22H35NO6. The maximum atomic E-state index is 10.3. The Morgan fingerprint density at radius 3 is 2.52 bits per heavy atom. The second-order valence-electron chi connectivity index (χ2n) is 7.83. The van der Waals surface area contributed by atoms with Gasteiger partial charge in [0.25, 0.3) is 0 Å². The Hall–Kier alpha value is -1.48. The van der Waals surface area contributed by atoms with Gasteiger partial charge in [-0.3, -0.25) is 0 Å². The lowest BCUT2D eigenvalue weighted by Crippen LogP contribution is -2.60. The summed E-state index contributed by atoms with van der Waals surface area (Å²) in [5.41, 5.74) is 3.13. The summed E-state index contributed by atoms with van der Waals surface area (Å²) >= 11 is 0. The molecule has 1 aromatic carbocycles. The van der Waals surface area contributed by atoms with Gasteiger partial charge < -0.3 is 34.8 Å². The van der Waals surface area contributed by atoms with Crippen molar-refractivity contribution in [1.29, 1.82) is 0 Å². The number of aliphatic hydroxyl groups is 4. The number of aliphatic hydroxyl groups excluding tert-OH is 4. The van der Waals surface area contributed by atoms with Crippen molar-refractivity contribution >= 4 is 5.57 Å². The fraction of sp³-hybridized carbons (Fsp3) is 0.636. The molecule has 4 N–H and O–H groups in total. The van der Waals surface area contributed by atoms with E-state index in [9.17, 15) is 20.4 Å². The Labute approximate surface area is 173 Å². The van der Waals surface area contributed by atoms with Crippen LogP contribution in [0.1, 0.15) is 37.3 Å². The van der Waals surface area contributed by atoms with Crippen molar-refractivity contribution in [1.82, 2.24) is 4.90 Å². The molecule has 29 heavy (non-hydrogen) atoms. The summed E-state index contributed by atoms with van der Waals surface area (Å²) in [5, 5.41) is 39.8. The van der Waals surface area contributed by atoms with Crippen LogP contribution in [-0.2, 0) is 4.74 Å². The van der Waals surface area contributed by atoms with Crippen molar-refractivity contribution in [3.8, 4) is 5.75 Å². The van der Waals surface area contributed by atoms with Crippen LogP contribution in [-0.4, -0.2) is 83.3 Å². The molecule has 0 bridgehead atoms. The number of aryl methyl sites for hydroxylation is 1. The molecule has 1 heterocycles. The normalized spacial score (nSPS) is 28.0. The molecule has 0 spiro atoms. The first-order valence-corrected chi connectivity index (χ1v) is 10.2. The Morgan fingerprint density at radius 1 is 1.17 bits per heavy atom. The van der Waals surface area contributed by atoms with Gasteiger partial charge in [0.1, 0.15) is 30.2 Å². The molecule has 0 saturated carbocycles. The number of benzene rings is 1. The summed E-state index contributed by atoms with van der Waals surface area (Å²) in [7, 11) is 4.06. The molecule has 5 atom stereocenters. The molecule has 0 aromatic heterocycles. The van der Waals surface area contributed by atoms with Crippen LogP contribution < -0.4 is 4.74 Å². The molecule has 1 aliphatic rings. The van der Waals surface area contributed by atoms with Gasteiger partial charge in [-0.25, -0.2) is 0 Å². The van der Waals surface area contributed by atoms with Crippen LogP contribution >= 0.6 is 0 Å². The lowest BCUT2D eigenvalue weighted by atomic mass is 9.95. The molecule has 1 saturated heterocycles. The van der Waals surface area contributed by atoms with E-state index < -0.39 is 37.3 Å². The standard InChI is InChI=1S/C22H35NO6/c1-5-6-9-15(11-12-23(3)4)18-14(2)8-7-10-16(18)28-22-21(27)20(26)19(25)17(13-24)29-22/h7-10,17,19-22,24-27H,5-6,11-13H2,1-4H3/b15-9-/t17-,19-,20+,21?,22?/m1/s1. The van der Waals surface area contributed by atoms with Crippen molar-refractivity contribution in [2.75, 3.05) is 27.2 Å². The van der Waals surface area contributed by atoms with E-state index in [1.54, 1.807) is 6.07 Å². The fourth-order valence-corrected chi connectivity index (χ4v) is 3.43. The number of hydrogen-bond acceptors (Lipinski definition) is 7. The molecule has 0 radical (unpaired) electrons. The maximum absolute atomic E-state index is 10.3. The van der Waals surface area contributed by atoms with Gasteiger partial charge in [-0.2, -0.15) is 0 Å². The van der Waals surface area contributed by atoms with E-state index in [2.05, 4.69) is 17.9 Å². The van der Waals surface area contributed by atoms with Crippen molar-refractivity contribution in [2.45, 2.75) is 63.8 Å². The molecule has 0 aliphatic carbocycles. The van der Waals surface area contributed by atoms with Crippen molar-refractivity contribution in [2.24, 2.45) is 0 Å². The molecule has 2 rings (SSSR count). The molecule has 1 fully saturated rings. The smallest absolute Gasteiger partial charge is 0.229 e. The van der Waals surface area contributed by atoms with Crippen molar-refractivity contribution < 1.29 is 29.9 Å². The van der Waals surface area contributed by atoms with Gasteiger partial charge in [0.15, 0.2) is 0 Å². The van der Waals surface area contributed by atoms with Crippen LogP contribution in [0.5, 0.6) is 5.75 Å². The number of unbranched alkanes of at least 4 members (excludes halogenated alkanes) is 1. The van der Waals surface area contributed by atoms with Gasteiger partial charge in [-0.15, -0.1) is 0 Å². The summed E-state index contributed by atoms with van der Waals surface area (Å²) in [6.07, 6.45) is -1.50. The van der Waals surface area contributed by atoms with Crippen LogP contribution in [0.4, 0.5) is 0 Å². The lowest BCUT2D eigenvalue weighted by molar-refractivity contribution is -0.277. The van der Waals surface area contributed by atoms with Crippen molar-refractivity contribution in [3.05, 3.63) is 35.4 Å². The zero-order valence-electron chi connectivity index (χ0n) is 17.8. The van der Waals surface area contributed by atoms with Gasteiger partial charge in [-0.1, -0.05) is 31.6 Å². The van der Waals surface area contributed by atoms with E-state index in [0.717, 1.165) is 42.5 Å². The highest BCUT2D eigenvalue weighted by Gasteiger charge is 2.44. The maximum Gasteiger partial charge on any atom is 0.229 e. The van der Waals surface area contributed by atoms with Crippen LogP contribution in [0.25, 0.3) is 5.57 Å². The molecule has 1 aliphatic heterocycles. The number of ether oxygens (including phenoxy) is 2. The minimum Gasteiger partial charge on any atom is -0.461 e. The summed E-state index contributed by atoms with van der Waals surface area (Å²) in [5.74, 6) is 0.537. The first kappa shape index (κ1) is 23.8. The second kappa shape index (κ2) is 11.1. The van der Waals surface area contributed by atoms with E-state index in [-0.39, 0.29) is 0 Å². The molecule has 0 amide bonds. The van der Waals surface area contributed by atoms with Crippen molar-refractivity contribution in [3.63, 3.8) is 0 Å². The number of hydrogen-bond donors (Lipinski definition) is 4. The average molecular weight is 410 g/mol. The van der Waals surface area contributed by atoms with Crippen LogP contribution in [0.2, 0.25) is 0 Å². The first-order valence-electron chi connectivity index (χ1n) is 10.2. The first-order chi connectivity index (χ1) is 13.8. The molecule has 2 unspecified atom stereocenters. The zero-order chi connectivity index (χ0) is 21.6. The van der Waals surface area contributed by atoms with Crippen LogP contribution in [0, 0.1) is 6.92 Å². The summed E-state index contributed by atoms with van der Waals surface area (Å²) in [6.45, 7) is 4.52. The zero-order valence-corrected chi connectivity index (χ0v) is 17.8. The quantitative estimate of drug-likeness (QED) is 0.488. The Morgan fingerprint density at radius 2 is 1.90 bits per heavy atom. The van der Waals surface area contributed by atoms with E-state index in [0.29, 0.717) is 5.75 Å². The number of nitrogens with zero attached hydrogens (tertiary/aromatic N) is 1. The highest BCUT2D eigenvalue weighted by atomic mass is 16.7. The Balaban J connectivity index is 2.35. The SMILES string of the molecule is CCC/C=C(/CCN(C)C)c1c(C)cccc1OC1O[C@H](CO)[C@@H](O)[C@H](O)C1O. The fourth-order valence-electron chi connectivity index (χ4n) is 3.43. The summed E-state index contributed by atoms with van der Waals surface area (Å²) in [4.78, 5) is 2.12. The minimum atomic E-state index is -1.47. The number of allylic oxidation sites excluding steroid dienone is 1. The second-order valence-corrected chi connectivity index (χ2v) is 7.83. The van der Waals surface area contributed by atoms with Gasteiger partial charge in [0.05, 0.1) is 6.61 Å².